The second-order valence-electron chi connectivity index (χ2n) is 3.85. The summed E-state index contributed by atoms with van der Waals surface area (Å²) >= 11 is 5.76. The average Bonchev–Trinajstić information content (AvgIpc) is 2.43. The van der Waals surface area contributed by atoms with Crippen molar-refractivity contribution in [3.8, 4) is 6.07 Å². The number of non-ortho nitro benzene ring substituents is 1. The number of hydrogen-bond donors (Lipinski definition) is 1. The summed E-state index contributed by atoms with van der Waals surface area (Å²) in [7, 11) is 0. The highest BCUT2D eigenvalue weighted by Gasteiger charge is 2.12. The maximum atomic E-state index is 13.6. The van der Waals surface area contributed by atoms with E-state index in [1.165, 1.54) is 30.3 Å². The number of benzene rings is 2. The van der Waals surface area contributed by atoms with Gasteiger partial charge in [0.2, 0.25) is 0 Å². The minimum atomic E-state index is -0.607. The minimum Gasteiger partial charge on any atom is -0.352 e. The Morgan fingerprint density at radius 1 is 1.25 bits per heavy atom. The number of nitro groups is 1. The summed E-state index contributed by atoms with van der Waals surface area (Å²) in [6.45, 7) is 0. The van der Waals surface area contributed by atoms with Gasteiger partial charge in [-0.05, 0) is 24.3 Å². The van der Waals surface area contributed by atoms with Gasteiger partial charge in [0, 0.05) is 17.2 Å². The Bertz CT molecular complexity index is 728. The molecule has 0 aliphatic heterocycles. The predicted molar refractivity (Wildman–Crippen MR) is 72.5 cm³/mol. The molecule has 7 heteroatoms. The fourth-order valence-corrected chi connectivity index (χ4v) is 1.76. The lowest BCUT2D eigenvalue weighted by Crippen LogP contribution is -1.97. The van der Waals surface area contributed by atoms with Gasteiger partial charge in [0.1, 0.15) is 11.9 Å². The Morgan fingerprint density at radius 3 is 2.65 bits per heavy atom. The molecule has 0 saturated heterocycles. The maximum Gasteiger partial charge on any atom is 0.270 e. The Labute approximate surface area is 118 Å². The summed E-state index contributed by atoms with van der Waals surface area (Å²) in [6, 6.07) is 9.45. The molecule has 0 spiro atoms. The molecule has 0 aliphatic rings. The molecule has 2 aromatic rings. The van der Waals surface area contributed by atoms with Crippen LogP contribution >= 0.6 is 11.6 Å². The van der Waals surface area contributed by atoms with E-state index in [4.69, 9.17) is 16.9 Å². The lowest BCUT2D eigenvalue weighted by Gasteiger charge is -2.09. The molecule has 0 fully saturated rings. The molecule has 0 bridgehead atoms. The van der Waals surface area contributed by atoms with Crippen LogP contribution in [-0.4, -0.2) is 4.92 Å². The van der Waals surface area contributed by atoms with Gasteiger partial charge in [-0.2, -0.15) is 5.26 Å². The second-order valence-corrected chi connectivity index (χ2v) is 4.28. The standard InChI is InChI=1S/C13H7ClFN3O2/c14-9-1-3-11(15)13(6-9)17-12-4-2-10(18(19)20)5-8(12)7-16/h1-6,17H. The van der Waals surface area contributed by atoms with Gasteiger partial charge in [-0.15, -0.1) is 0 Å². The summed E-state index contributed by atoms with van der Waals surface area (Å²) in [4.78, 5) is 10.0. The SMILES string of the molecule is N#Cc1cc([N+](=O)[O-])ccc1Nc1cc(Cl)ccc1F. The van der Waals surface area contributed by atoms with E-state index in [2.05, 4.69) is 5.32 Å². The zero-order valence-electron chi connectivity index (χ0n) is 9.93. The molecule has 2 aromatic carbocycles. The highest BCUT2D eigenvalue weighted by molar-refractivity contribution is 6.30. The molecule has 0 aliphatic carbocycles. The minimum absolute atomic E-state index is 0.0403. The van der Waals surface area contributed by atoms with Crippen LogP contribution in [0.3, 0.4) is 0 Å². The summed E-state index contributed by atoms with van der Waals surface area (Å²) in [6.07, 6.45) is 0. The molecule has 1 N–H and O–H groups in total. The number of nitriles is 1. The smallest absolute Gasteiger partial charge is 0.270 e. The lowest BCUT2D eigenvalue weighted by atomic mass is 10.1. The van der Waals surface area contributed by atoms with Crippen molar-refractivity contribution in [3.05, 3.63) is 62.9 Å². The van der Waals surface area contributed by atoms with Gasteiger partial charge in [-0.3, -0.25) is 10.1 Å². The third-order valence-electron chi connectivity index (χ3n) is 2.53. The third-order valence-corrected chi connectivity index (χ3v) is 2.77. The first-order chi connectivity index (χ1) is 9.51. The zero-order chi connectivity index (χ0) is 14.7. The number of hydrogen-bond acceptors (Lipinski definition) is 4. The van der Waals surface area contributed by atoms with Gasteiger partial charge in [-0.25, -0.2) is 4.39 Å². The molecule has 0 aromatic heterocycles. The molecule has 0 atom stereocenters. The van der Waals surface area contributed by atoms with Crippen LogP contribution < -0.4 is 5.32 Å². The molecule has 0 saturated carbocycles. The molecule has 5 nitrogen and oxygen atoms in total. The number of nitrogens with one attached hydrogen (secondary N) is 1. The van der Waals surface area contributed by atoms with Gasteiger partial charge < -0.3 is 5.32 Å². The monoisotopic (exact) mass is 291 g/mol. The summed E-state index contributed by atoms with van der Waals surface area (Å²) in [5, 5.41) is 22.7. The van der Waals surface area contributed by atoms with Crippen LogP contribution in [-0.2, 0) is 0 Å². The molecular formula is C13H7ClFN3O2. The van der Waals surface area contributed by atoms with E-state index in [0.29, 0.717) is 5.02 Å². The quantitative estimate of drug-likeness (QED) is 0.684. The number of anilines is 2. The first-order valence-corrected chi connectivity index (χ1v) is 5.79. The van der Waals surface area contributed by atoms with E-state index in [9.17, 15) is 14.5 Å². The highest BCUT2D eigenvalue weighted by atomic mass is 35.5. The Balaban J connectivity index is 2.41. The number of nitro benzene ring substituents is 1. The van der Waals surface area contributed by atoms with Gasteiger partial charge >= 0.3 is 0 Å². The van der Waals surface area contributed by atoms with Crippen LogP contribution in [0.4, 0.5) is 21.5 Å². The van der Waals surface area contributed by atoms with Crippen LogP contribution in [0.2, 0.25) is 5.02 Å². The Morgan fingerprint density at radius 2 is 2.00 bits per heavy atom. The van der Waals surface area contributed by atoms with Crippen LogP contribution in [0, 0.1) is 27.3 Å². The molecule has 100 valence electrons. The second kappa shape index (κ2) is 5.55. The van der Waals surface area contributed by atoms with Gasteiger partial charge in [0.05, 0.1) is 21.9 Å². The van der Waals surface area contributed by atoms with Crippen molar-refractivity contribution in [1.29, 1.82) is 5.26 Å². The molecule has 0 heterocycles. The first kappa shape index (κ1) is 13.8. The van der Waals surface area contributed by atoms with Gasteiger partial charge in [-0.1, -0.05) is 11.6 Å². The normalized spacial score (nSPS) is 9.85. The van der Waals surface area contributed by atoms with Gasteiger partial charge in [0.15, 0.2) is 0 Å². The highest BCUT2D eigenvalue weighted by Crippen LogP contribution is 2.27. The van der Waals surface area contributed by atoms with Crippen molar-refractivity contribution in [1.82, 2.24) is 0 Å². The molecule has 0 unspecified atom stereocenters. The van der Waals surface area contributed by atoms with Crippen LogP contribution in [0.1, 0.15) is 5.56 Å². The van der Waals surface area contributed by atoms with Crippen LogP contribution in [0.5, 0.6) is 0 Å². The van der Waals surface area contributed by atoms with Crippen LogP contribution in [0.25, 0.3) is 0 Å². The van der Waals surface area contributed by atoms with Gasteiger partial charge in [0.25, 0.3) is 5.69 Å². The molecule has 0 amide bonds. The van der Waals surface area contributed by atoms with Crippen molar-refractivity contribution in [2.75, 3.05) is 5.32 Å². The maximum absolute atomic E-state index is 13.6. The lowest BCUT2D eigenvalue weighted by molar-refractivity contribution is -0.384. The van der Waals surface area contributed by atoms with E-state index in [1.54, 1.807) is 0 Å². The topological polar surface area (TPSA) is 79.0 Å². The Hall–Kier alpha value is -2.65. The van der Waals surface area contributed by atoms with Crippen molar-refractivity contribution in [2.45, 2.75) is 0 Å². The van der Waals surface area contributed by atoms with E-state index >= 15 is 0 Å². The number of nitrogens with zero attached hydrogens (tertiary/aromatic N) is 2. The van der Waals surface area contributed by atoms with Crippen molar-refractivity contribution in [3.63, 3.8) is 0 Å². The molecule has 2 rings (SSSR count). The largest absolute Gasteiger partial charge is 0.352 e. The van der Waals surface area contributed by atoms with Crippen molar-refractivity contribution in [2.24, 2.45) is 0 Å². The van der Waals surface area contributed by atoms with E-state index in [-0.39, 0.29) is 22.6 Å². The fourth-order valence-electron chi connectivity index (χ4n) is 1.59. The average molecular weight is 292 g/mol. The van der Waals surface area contributed by atoms with E-state index in [0.717, 1.165) is 6.07 Å². The first-order valence-electron chi connectivity index (χ1n) is 5.42. The van der Waals surface area contributed by atoms with E-state index < -0.39 is 10.7 Å². The summed E-state index contributed by atoms with van der Waals surface area (Å²) < 4.78 is 13.6. The Kier molecular flexibility index (Phi) is 3.82. The fraction of sp³-hybridized carbons (Fsp3) is 0. The summed E-state index contributed by atoms with van der Waals surface area (Å²) in [5.41, 5.74) is 0.180. The molecular weight excluding hydrogens is 285 g/mol. The number of rotatable bonds is 3. The van der Waals surface area contributed by atoms with Crippen LogP contribution in [0.15, 0.2) is 36.4 Å². The third kappa shape index (κ3) is 2.84. The van der Waals surface area contributed by atoms with Crippen molar-refractivity contribution >= 4 is 28.7 Å². The zero-order valence-corrected chi connectivity index (χ0v) is 10.7. The van der Waals surface area contributed by atoms with Crippen molar-refractivity contribution < 1.29 is 9.31 Å². The molecule has 20 heavy (non-hydrogen) atoms. The summed E-state index contributed by atoms with van der Waals surface area (Å²) in [5.74, 6) is -0.545. The van der Waals surface area contributed by atoms with E-state index in [1.807, 2.05) is 6.07 Å². The number of halogens is 2. The predicted octanol–water partition coefficient (Wildman–Crippen LogP) is 4.00. The molecule has 0 radical (unpaired) electrons.